The fourth-order valence-electron chi connectivity index (χ4n) is 2.30. The number of benzene rings is 1. The highest BCUT2D eigenvalue weighted by atomic mass is 16.3. The molecule has 3 heteroatoms. The Hall–Kier alpha value is -0.900. The molecule has 20 heavy (non-hydrogen) atoms. The van der Waals surface area contributed by atoms with Gasteiger partial charge < -0.3 is 14.9 Å². The fraction of sp³-hybridized carbons (Fsp3) is 0.647. The smallest absolute Gasteiger partial charge is 0.0802 e. The average Bonchev–Trinajstić information content (AvgIpc) is 2.42. The second-order valence-electron chi connectivity index (χ2n) is 5.81. The molecule has 0 aliphatic rings. The summed E-state index contributed by atoms with van der Waals surface area (Å²) in [4.78, 5) is 4.63. The second-order valence-corrected chi connectivity index (χ2v) is 5.81. The van der Waals surface area contributed by atoms with Crippen molar-refractivity contribution in [1.82, 2.24) is 9.80 Å². The number of hydrogen-bond acceptors (Lipinski definition) is 3. The van der Waals surface area contributed by atoms with E-state index in [4.69, 9.17) is 0 Å². The first-order chi connectivity index (χ1) is 9.52. The van der Waals surface area contributed by atoms with E-state index in [0.29, 0.717) is 0 Å². The molecule has 0 bridgehead atoms. The molecule has 0 aliphatic carbocycles. The summed E-state index contributed by atoms with van der Waals surface area (Å²) in [5, 5.41) is 10.2. The van der Waals surface area contributed by atoms with E-state index in [-0.39, 0.29) is 6.10 Å². The number of aryl methyl sites for hydroxylation is 1. The van der Waals surface area contributed by atoms with Gasteiger partial charge in [0.25, 0.3) is 0 Å². The first-order valence-electron chi connectivity index (χ1n) is 7.64. The molecular weight excluding hydrogens is 248 g/mol. The van der Waals surface area contributed by atoms with Crippen molar-refractivity contribution in [2.24, 2.45) is 0 Å². The van der Waals surface area contributed by atoms with E-state index >= 15 is 0 Å². The van der Waals surface area contributed by atoms with Crippen molar-refractivity contribution >= 4 is 0 Å². The van der Waals surface area contributed by atoms with Crippen LogP contribution in [0.4, 0.5) is 0 Å². The van der Waals surface area contributed by atoms with Crippen LogP contribution < -0.4 is 0 Å². The van der Waals surface area contributed by atoms with E-state index in [1.54, 1.807) is 0 Å². The van der Waals surface area contributed by atoms with Gasteiger partial charge in [0.1, 0.15) is 0 Å². The lowest BCUT2D eigenvalue weighted by Crippen LogP contribution is -2.29. The van der Waals surface area contributed by atoms with Crippen LogP contribution in [0.25, 0.3) is 0 Å². The Kier molecular flexibility index (Phi) is 7.82. The molecule has 0 saturated heterocycles. The molecule has 0 saturated carbocycles. The van der Waals surface area contributed by atoms with Crippen LogP contribution in [0.2, 0.25) is 0 Å². The summed E-state index contributed by atoms with van der Waals surface area (Å²) >= 11 is 0. The molecule has 0 aromatic heterocycles. The molecule has 1 atom stereocenters. The first-order valence-corrected chi connectivity index (χ1v) is 7.64. The highest BCUT2D eigenvalue weighted by molar-refractivity contribution is 5.22. The van der Waals surface area contributed by atoms with E-state index in [9.17, 15) is 5.11 Å². The van der Waals surface area contributed by atoms with Gasteiger partial charge in [-0.1, -0.05) is 36.8 Å². The zero-order chi connectivity index (χ0) is 15.0. The lowest BCUT2D eigenvalue weighted by molar-refractivity contribution is 0.142. The Labute approximate surface area is 124 Å². The SMILES string of the molecule is CCN(CCCN(C)C)CCC(O)c1ccc(C)cc1. The molecule has 0 amide bonds. The number of rotatable bonds is 9. The third kappa shape index (κ3) is 6.51. The van der Waals surface area contributed by atoms with Crippen molar-refractivity contribution in [3.05, 3.63) is 35.4 Å². The Balaban J connectivity index is 2.33. The molecule has 114 valence electrons. The standard InChI is InChI=1S/C17H30N2O/c1-5-19(13-6-12-18(3)4)14-11-17(20)16-9-7-15(2)8-10-16/h7-10,17,20H,5-6,11-14H2,1-4H3. The van der Waals surface area contributed by atoms with Gasteiger partial charge >= 0.3 is 0 Å². The van der Waals surface area contributed by atoms with E-state index in [0.717, 1.165) is 38.2 Å². The van der Waals surface area contributed by atoms with Crippen molar-refractivity contribution in [3.63, 3.8) is 0 Å². The van der Waals surface area contributed by atoms with Crippen LogP contribution in [0.1, 0.15) is 37.0 Å². The van der Waals surface area contributed by atoms with Crippen molar-refractivity contribution < 1.29 is 5.11 Å². The molecule has 0 spiro atoms. The molecule has 0 fully saturated rings. The van der Waals surface area contributed by atoms with Gasteiger partial charge in [-0.3, -0.25) is 0 Å². The second kappa shape index (κ2) is 9.11. The summed E-state index contributed by atoms with van der Waals surface area (Å²) in [5.74, 6) is 0. The largest absolute Gasteiger partial charge is 0.388 e. The molecule has 0 radical (unpaired) electrons. The molecular formula is C17H30N2O. The van der Waals surface area contributed by atoms with E-state index in [2.05, 4.69) is 49.9 Å². The Bertz CT molecular complexity index is 362. The van der Waals surface area contributed by atoms with Gasteiger partial charge in [-0.25, -0.2) is 0 Å². The quantitative estimate of drug-likeness (QED) is 0.752. The average molecular weight is 278 g/mol. The fourth-order valence-corrected chi connectivity index (χ4v) is 2.30. The minimum atomic E-state index is -0.349. The first kappa shape index (κ1) is 17.2. The maximum Gasteiger partial charge on any atom is 0.0802 e. The predicted octanol–water partition coefficient (Wildman–Crippen LogP) is 2.69. The zero-order valence-electron chi connectivity index (χ0n) is 13.5. The number of nitrogens with zero attached hydrogens (tertiary/aromatic N) is 2. The normalized spacial score (nSPS) is 13.2. The maximum atomic E-state index is 10.2. The minimum Gasteiger partial charge on any atom is -0.388 e. The molecule has 1 N–H and O–H groups in total. The van der Waals surface area contributed by atoms with Crippen LogP contribution in [0.5, 0.6) is 0 Å². The van der Waals surface area contributed by atoms with E-state index in [1.807, 2.05) is 12.1 Å². The maximum absolute atomic E-state index is 10.2. The number of aliphatic hydroxyl groups excluding tert-OH is 1. The monoisotopic (exact) mass is 278 g/mol. The minimum absolute atomic E-state index is 0.349. The number of hydrogen-bond donors (Lipinski definition) is 1. The van der Waals surface area contributed by atoms with Crippen LogP contribution in [0.15, 0.2) is 24.3 Å². The van der Waals surface area contributed by atoms with Crippen LogP contribution in [-0.4, -0.2) is 55.2 Å². The third-order valence-electron chi connectivity index (χ3n) is 3.71. The highest BCUT2D eigenvalue weighted by Crippen LogP contribution is 2.17. The Morgan fingerprint density at radius 3 is 2.25 bits per heavy atom. The molecule has 1 aromatic carbocycles. The van der Waals surface area contributed by atoms with Crippen LogP contribution in [0.3, 0.4) is 0 Å². The summed E-state index contributed by atoms with van der Waals surface area (Å²) in [7, 11) is 4.22. The van der Waals surface area contributed by atoms with Crippen molar-refractivity contribution in [2.45, 2.75) is 32.8 Å². The molecule has 0 aliphatic heterocycles. The molecule has 3 nitrogen and oxygen atoms in total. The third-order valence-corrected chi connectivity index (χ3v) is 3.71. The van der Waals surface area contributed by atoms with Gasteiger partial charge in [0.05, 0.1) is 6.10 Å². The summed E-state index contributed by atoms with van der Waals surface area (Å²) < 4.78 is 0. The zero-order valence-corrected chi connectivity index (χ0v) is 13.5. The number of aliphatic hydroxyl groups is 1. The predicted molar refractivity (Wildman–Crippen MR) is 86.0 cm³/mol. The lowest BCUT2D eigenvalue weighted by Gasteiger charge is -2.23. The van der Waals surface area contributed by atoms with Crippen LogP contribution in [0, 0.1) is 6.92 Å². The van der Waals surface area contributed by atoms with Gasteiger partial charge in [0, 0.05) is 6.54 Å². The van der Waals surface area contributed by atoms with Crippen LogP contribution >= 0.6 is 0 Å². The van der Waals surface area contributed by atoms with E-state index in [1.165, 1.54) is 12.0 Å². The summed E-state index contributed by atoms with van der Waals surface area (Å²) in [5.41, 5.74) is 2.26. The van der Waals surface area contributed by atoms with Gasteiger partial charge in [-0.2, -0.15) is 0 Å². The summed E-state index contributed by atoms with van der Waals surface area (Å²) in [6.45, 7) is 8.49. The topological polar surface area (TPSA) is 26.7 Å². The molecule has 1 aromatic rings. The van der Waals surface area contributed by atoms with Crippen molar-refractivity contribution in [3.8, 4) is 0 Å². The van der Waals surface area contributed by atoms with Gasteiger partial charge in [0.15, 0.2) is 0 Å². The highest BCUT2D eigenvalue weighted by Gasteiger charge is 2.10. The Morgan fingerprint density at radius 2 is 1.70 bits per heavy atom. The van der Waals surface area contributed by atoms with Crippen molar-refractivity contribution in [2.75, 3.05) is 40.3 Å². The molecule has 0 heterocycles. The van der Waals surface area contributed by atoms with Gasteiger partial charge in [-0.05, 0) is 59.1 Å². The van der Waals surface area contributed by atoms with Gasteiger partial charge in [-0.15, -0.1) is 0 Å². The lowest BCUT2D eigenvalue weighted by atomic mass is 10.0. The van der Waals surface area contributed by atoms with Crippen LogP contribution in [-0.2, 0) is 0 Å². The summed E-state index contributed by atoms with van der Waals surface area (Å²) in [6, 6.07) is 8.19. The van der Waals surface area contributed by atoms with Gasteiger partial charge in [0.2, 0.25) is 0 Å². The van der Waals surface area contributed by atoms with Crippen molar-refractivity contribution in [1.29, 1.82) is 0 Å². The van der Waals surface area contributed by atoms with E-state index < -0.39 is 0 Å². The molecule has 1 rings (SSSR count). The summed E-state index contributed by atoms with van der Waals surface area (Å²) in [6.07, 6.45) is 1.64. The molecule has 1 unspecified atom stereocenters. The Morgan fingerprint density at radius 1 is 1.05 bits per heavy atom.